The summed E-state index contributed by atoms with van der Waals surface area (Å²) in [5.41, 5.74) is -3.73. The summed E-state index contributed by atoms with van der Waals surface area (Å²) in [6, 6.07) is 15.5. The van der Waals surface area contributed by atoms with Crippen LogP contribution >= 0.6 is 22.7 Å². The second-order valence-corrected chi connectivity index (χ2v) is 15.0. The average Bonchev–Trinajstić information content (AvgIpc) is 3.70. The summed E-state index contributed by atoms with van der Waals surface area (Å²) in [6.45, 7) is 0.214. The molecule has 0 saturated heterocycles. The summed E-state index contributed by atoms with van der Waals surface area (Å²) in [7, 11) is 0.294. The molecule has 0 radical (unpaired) electrons. The molecule has 0 aliphatic rings. The van der Waals surface area contributed by atoms with Gasteiger partial charge in [-0.3, -0.25) is 4.31 Å². The number of anilines is 2. The smallest absolute Gasteiger partial charge is 0.416 e. The standard InChI is InChI=1S/C33H23F3N2O10S3/c1-37(16-17-7-9-18(10-8-17)33(34,35)36)27-14-23-25(49-27)12-21(29(39)46-23)31(41)48-32(42)22-13-26-24(47-30(22)40)15-28(50-26)38(2)51(43,44)20-6-4-5-19(11-20)45-3/h4-15H,16H2,1-3H3. The molecule has 6 aromatic rings. The third-order valence-corrected chi connectivity index (χ3v) is 11.7. The van der Waals surface area contributed by atoms with E-state index in [9.17, 15) is 40.8 Å². The quantitative estimate of drug-likeness (QED) is 0.117. The second kappa shape index (κ2) is 13.3. The SMILES string of the molecule is COc1cccc(S(=O)(=O)N(C)c2cc3oc(=O)c(C(=O)OC(=O)c4cc5sc(N(C)Cc6ccc(C(F)(F)F)cc6)cc5oc4=O)cc3s2)c1. The van der Waals surface area contributed by atoms with Gasteiger partial charge in [0.1, 0.15) is 21.9 Å². The second-order valence-electron chi connectivity index (χ2n) is 10.9. The number of carbonyl (C=O) groups is 2. The lowest BCUT2D eigenvalue weighted by Crippen LogP contribution is -2.25. The number of methoxy groups -OCH3 is 1. The minimum atomic E-state index is -4.46. The number of nitrogens with zero attached hydrogens (tertiary/aromatic N) is 2. The van der Waals surface area contributed by atoms with Crippen molar-refractivity contribution in [1.29, 1.82) is 0 Å². The van der Waals surface area contributed by atoms with E-state index in [1.54, 1.807) is 18.0 Å². The van der Waals surface area contributed by atoms with Crippen LogP contribution in [-0.4, -0.2) is 41.6 Å². The topological polar surface area (TPSA) is 154 Å². The van der Waals surface area contributed by atoms with Crippen molar-refractivity contribution in [3.8, 4) is 5.75 Å². The van der Waals surface area contributed by atoms with E-state index in [2.05, 4.69) is 0 Å². The van der Waals surface area contributed by atoms with Gasteiger partial charge in [0, 0.05) is 38.8 Å². The van der Waals surface area contributed by atoms with Crippen LogP contribution in [0.2, 0.25) is 0 Å². The van der Waals surface area contributed by atoms with Gasteiger partial charge in [-0.05, 0) is 42.0 Å². The maximum atomic E-state index is 13.2. The van der Waals surface area contributed by atoms with Gasteiger partial charge in [-0.1, -0.05) is 18.2 Å². The number of alkyl halides is 3. The monoisotopic (exact) mass is 760 g/mol. The van der Waals surface area contributed by atoms with E-state index in [1.165, 1.54) is 56.6 Å². The zero-order valence-electron chi connectivity index (χ0n) is 26.5. The molecule has 0 aliphatic heterocycles. The Bertz CT molecular complexity index is 2550. The minimum Gasteiger partial charge on any atom is -0.497 e. The Kier molecular flexibility index (Phi) is 9.26. The fraction of sp³-hybridized carbons (Fsp3) is 0.152. The van der Waals surface area contributed by atoms with Crippen molar-refractivity contribution in [3.05, 3.63) is 116 Å². The summed E-state index contributed by atoms with van der Waals surface area (Å²) < 4.78 is 87.1. The molecule has 0 amide bonds. The highest BCUT2D eigenvalue weighted by Gasteiger charge is 2.30. The number of hydrogen-bond acceptors (Lipinski definition) is 13. The van der Waals surface area contributed by atoms with E-state index in [0.29, 0.717) is 21.0 Å². The Morgan fingerprint density at radius 1 is 0.804 bits per heavy atom. The Hall–Kier alpha value is -5.46. The number of rotatable bonds is 9. The van der Waals surface area contributed by atoms with Crippen molar-refractivity contribution < 1.29 is 49.5 Å². The van der Waals surface area contributed by atoms with E-state index >= 15 is 0 Å². The summed E-state index contributed by atoms with van der Waals surface area (Å²) in [6.07, 6.45) is -4.46. The predicted molar refractivity (Wildman–Crippen MR) is 183 cm³/mol. The highest BCUT2D eigenvalue weighted by Crippen LogP contribution is 2.36. The van der Waals surface area contributed by atoms with Crippen LogP contribution in [0.3, 0.4) is 0 Å². The lowest BCUT2D eigenvalue weighted by molar-refractivity contribution is -0.137. The van der Waals surface area contributed by atoms with Gasteiger partial charge in [-0.25, -0.2) is 27.6 Å². The molecule has 4 heterocycles. The van der Waals surface area contributed by atoms with Crippen LogP contribution in [-0.2, 0) is 27.5 Å². The van der Waals surface area contributed by atoms with Crippen molar-refractivity contribution >= 4 is 75.2 Å². The molecule has 264 valence electrons. The van der Waals surface area contributed by atoms with Crippen molar-refractivity contribution in [2.24, 2.45) is 0 Å². The van der Waals surface area contributed by atoms with Crippen LogP contribution in [0.5, 0.6) is 5.75 Å². The molecule has 0 saturated carbocycles. The minimum absolute atomic E-state index is 0.0292. The van der Waals surface area contributed by atoms with Gasteiger partial charge >= 0.3 is 29.4 Å². The van der Waals surface area contributed by atoms with E-state index in [4.69, 9.17) is 18.3 Å². The molecule has 0 bridgehead atoms. The third kappa shape index (κ3) is 7.10. The summed E-state index contributed by atoms with van der Waals surface area (Å²) in [5, 5.41) is 0.696. The van der Waals surface area contributed by atoms with Gasteiger partial charge in [-0.15, -0.1) is 22.7 Å². The summed E-state index contributed by atoms with van der Waals surface area (Å²) >= 11 is 1.98. The molecule has 0 N–H and O–H groups in total. The number of benzene rings is 2. The van der Waals surface area contributed by atoms with Crippen LogP contribution in [0.1, 0.15) is 31.8 Å². The first kappa shape index (κ1) is 35.4. The molecule has 4 aromatic heterocycles. The first-order valence-corrected chi connectivity index (χ1v) is 17.5. The number of fused-ring (bicyclic) bond motifs is 2. The number of hydrogen-bond donors (Lipinski definition) is 0. The lowest BCUT2D eigenvalue weighted by atomic mass is 10.1. The Morgan fingerprint density at radius 2 is 1.35 bits per heavy atom. The van der Waals surface area contributed by atoms with Gasteiger partial charge < -0.3 is 23.2 Å². The Morgan fingerprint density at radius 3 is 1.90 bits per heavy atom. The molecule has 18 heteroatoms. The maximum Gasteiger partial charge on any atom is 0.416 e. The molecule has 0 aliphatic carbocycles. The Labute approximate surface area is 293 Å². The van der Waals surface area contributed by atoms with Gasteiger partial charge in [0.25, 0.3) is 10.0 Å². The van der Waals surface area contributed by atoms with E-state index < -0.39 is 56.1 Å². The Balaban J connectivity index is 1.19. The summed E-state index contributed by atoms with van der Waals surface area (Å²) in [4.78, 5) is 52.9. The zero-order valence-corrected chi connectivity index (χ0v) is 28.9. The molecule has 51 heavy (non-hydrogen) atoms. The van der Waals surface area contributed by atoms with Gasteiger partial charge in [-0.2, -0.15) is 13.2 Å². The largest absolute Gasteiger partial charge is 0.497 e. The van der Waals surface area contributed by atoms with Gasteiger partial charge in [0.05, 0.1) is 32.0 Å². The molecule has 0 fully saturated rings. The molecule has 6 rings (SSSR count). The average molecular weight is 761 g/mol. The van der Waals surface area contributed by atoms with Crippen LogP contribution in [0, 0.1) is 0 Å². The first-order valence-electron chi connectivity index (χ1n) is 14.5. The van der Waals surface area contributed by atoms with Crippen LogP contribution in [0.4, 0.5) is 23.2 Å². The third-order valence-electron chi connectivity index (χ3n) is 7.53. The maximum absolute atomic E-state index is 13.2. The highest BCUT2D eigenvalue weighted by molar-refractivity contribution is 7.93. The molecule has 2 aromatic carbocycles. The number of ether oxygens (including phenoxy) is 2. The molecule has 0 atom stereocenters. The molecule has 0 unspecified atom stereocenters. The highest BCUT2D eigenvalue weighted by atomic mass is 32.2. The van der Waals surface area contributed by atoms with Crippen molar-refractivity contribution in [2.45, 2.75) is 17.6 Å². The number of carbonyl (C=O) groups excluding carboxylic acids is 2. The van der Waals surface area contributed by atoms with E-state index in [0.717, 1.165) is 51.2 Å². The lowest BCUT2D eigenvalue weighted by Gasteiger charge is -2.17. The molecular formula is C33H23F3N2O10S3. The van der Waals surface area contributed by atoms with E-state index in [1.807, 2.05) is 0 Å². The molecule has 12 nitrogen and oxygen atoms in total. The van der Waals surface area contributed by atoms with Crippen LogP contribution < -0.4 is 25.2 Å². The number of esters is 2. The predicted octanol–water partition coefficient (Wildman–Crippen LogP) is 6.51. The first-order chi connectivity index (χ1) is 24.0. The van der Waals surface area contributed by atoms with Gasteiger partial charge in [0.15, 0.2) is 11.2 Å². The number of halogens is 3. The molecule has 0 spiro atoms. The fourth-order valence-electron chi connectivity index (χ4n) is 4.81. The molecular weight excluding hydrogens is 738 g/mol. The van der Waals surface area contributed by atoms with Crippen LogP contribution in [0.15, 0.2) is 96.1 Å². The fourth-order valence-corrected chi connectivity index (χ4v) is 8.23. The number of thiophene rings is 2. The van der Waals surface area contributed by atoms with Crippen LogP contribution in [0.25, 0.3) is 20.6 Å². The number of sulfonamides is 1. The zero-order chi connectivity index (χ0) is 36.8. The van der Waals surface area contributed by atoms with Gasteiger partial charge in [0.2, 0.25) is 0 Å². The van der Waals surface area contributed by atoms with Crippen molar-refractivity contribution in [1.82, 2.24) is 0 Å². The van der Waals surface area contributed by atoms with Crippen molar-refractivity contribution in [2.75, 3.05) is 30.4 Å². The normalized spacial score (nSPS) is 11.9. The summed E-state index contributed by atoms with van der Waals surface area (Å²) in [5.74, 6) is -2.51. The van der Waals surface area contributed by atoms with E-state index in [-0.39, 0.29) is 32.3 Å². The van der Waals surface area contributed by atoms with Crippen molar-refractivity contribution in [3.63, 3.8) is 0 Å².